The minimum absolute atomic E-state index is 0.305. The lowest BCUT2D eigenvalue weighted by Gasteiger charge is -2.22. The molecule has 2 aromatic rings. The maximum atomic E-state index is 5.51. The van der Waals surface area contributed by atoms with Crippen LogP contribution in [-0.2, 0) is 4.74 Å². The molecule has 2 unspecified atom stereocenters. The molecule has 0 spiro atoms. The van der Waals surface area contributed by atoms with Gasteiger partial charge >= 0.3 is 0 Å². The van der Waals surface area contributed by atoms with Crippen LogP contribution in [0.15, 0.2) is 24.8 Å². The molecule has 0 aromatic carbocycles. The van der Waals surface area contributed by atoms with Crippen LogP contribution in [0.2, 0.25) is 0 Å². The van der Waals surface area contributed by atoms with E-state index in [4.69, 9.17) is 4.74 Å². The lowest BCUT2D eigenvalue weighted by atomic mass is 9.93. The highest BCUT2D eigenvalue weighted by molar-refractivity contribution is 5.53. The molecule has 18 heavy (non-hydrogen) atoms. The smallest absolute Gasteiger partial charge is 0.0892 e. The molecule has 2 aromatic heterocycles. The molecule has 1 N–H and O–H groups in total. The number of rotatable bonds is 4. The summed E-state index contributed by atoms with van der Waals surface area (Å²) in [6.07, 6.45) is 8.57. The topological polar surface area (TPSA) is 51.5 Å². The van der Waals surface area contributed by atoms with Gasteiger partial charge in [0.2, 0.25) is 0 Å². The molecule has 1 fully saturated rings. The van der Waals surface area contributed by atoms with Crippen molar-refractivity contribution in [2.45, 2.75) is 19.4 Å². The average molecular weight is 246 g/mol. The number of hydrogen-bond acceptors (Lipinski definition) is 4. The Morgan fingerprint density at radius 1 is 1.56 bits per heavy atom. The fraction of sp³-hybridized carbons (Fsp3) is 0.538. The molecule has 3 rings (SSSR count). The Hall–Kier alpha value is -1.46. The average Bonchev–Trinajstić information content (AvgIpc) is 3.06. The molecular formula is C13H18N4O. The molecule has 1 saturated heterocycles. The first-order chi connectivity index (χ1) is 8.90. The number of nitrogens with zero attached hydrogens (tertiary/aromatic N) is 3. The van der Waals surface area contributed by atoms with Crippen molar-refractivity contribution in [2.24, 2.45) is 5.92 Å². The number of nitrogens with one attached hydrogen (secondary N) is 1. The second-order valence-electron chi connectivity index (χ2n) is 4.67. The van der Waals surface area contributed by atoms with Crippen LogP contribution in [0.3, 0.4) is 0 Å². The zero-order valence-corrected chi connectivity index (χ0v) is 10.5. The van der Waals surface area contributed by atoms with E-state index in [1.807, 2.05) is 23.1 Å². The van der Waals surface area contributed by atoms with E-state index in [1.165, 1.54) is 5.56 Å². The highest BCUT2D eigenvalue weighted by Gasteiger charge is 2.28. The molecule has 0 aliphatic carbocycles. The second kappa shape index (κ2) is 5.04. The summed E-state index contributed by atoms with van der Waals surface area (Å²) in [4.78, 5) is 4.20. The highest BCUT2D eigenvalue weighted by atomic mass is 16.5. The van der Waals surface area contributed by atoms with Crippen molar-refractivity contribution in [2.75, 3.05) is 19.8 Å². The zero-order chi connectivity index (χ0) is 12.4. The quantitative estimate of drug-likeness (QED) is 0.886. The largest absolute Gasteiger partial charge is 0.381 e. The van der Waals surface area contributed by atoms with Gasteiger partial charge in [0, 0.05) is 36.5 Å². The first kappa shape index (κ1) is 11.6. The summed E-state index contributed by atoms with van der Waals surface area (Å²) in [7, 11) is 0. The summed E-state index contributed by atoms with van der Waals surface area (Å²) in [5.41, 5.74) is 2.30. The molecule has 2 atom stereocenters. The fourth-order valence-electron chi connectivity index (χ4n) is 2.66. The monoisotopic (exact) mass is 246 g/mol. The molecule has 96 valence electrons. The maximum Gasteiger partial charge on any atom is 0.0892 e. The molecular weight excluding hydrogens is 228 g/mol. The lowest BCUT2D eigenvalue weighted by Crippen LogP contribution is -2.28. The Balaban J connectivity index is 1.98. The molecule has 1 aliphatic heterocycles. The number of aromatic nitrogens is 3. The van der Waals surface area contributed by atoms with Crippen LogP contribution < -0.4 is 5.32 Å². The third-order valence-corrected chi connectivity index (χ3v) is 3.55. The summed E-state index contributed by atoms with van der Waals surface area (Å²) in [5.74, 6) is 0.526. The molecule has 0 amide bonds. The number of fused-ring (bicyclic) bond motifs is 1. The van der Waals surface area contributed by atoms with Gasteiger partial charge in [0.05, 0.1) is 24.5 Å². The third-order valence-electron chi connectivity index (χ3n) is 3.55. The van der Waals surface area contributed by atoms with Gasteiger partial charge in [-0.3, -0.25) is 4.98 Å². The minimum atomic E-state index is 0.305. The van der Waals surface area contributed by atoms with Crippen molar-refractivity contribution in [1.29, 1.82) is 0 Å². The van der Waals surface area contributed by atoms with Crippen LogP contribution in [0.5, 0.6) is 0 Å². The van der Waals surface area contributed by atoms with Crippen LogP contribution in [0.1, 0.15) is 24.9 Å². The molecule has 0 radical (unpaired) electrons. The van der Waals surface area contributed by atoms with Crippen molar-refractivity contribution in [3.8, 4) is 0 Å². The first-order valence-corrected chi connectivity index (χ1v) is 6.48. The normalized spacial score (nSPS) is 21.5. The molecule has 5 nitrogen and oxygen atoms in total. The van der Waals surface area contributed by atoms with Crippen LogP contribution >= 0.6 is 0 Å². The van der Waals surface area contributed by atoms with E-state index >= 15 is 0 Å². The van der Waals surface area contributed by atoms with Gasteiger partial charge < -0.3 is 10.1 Å². The summed E-state index contributed by atoms with van der Waals surface area (Å²) in [6.45, 7) is 4.77. The Kier molecular flexibility index (Phi) is 3.25. The minimum Gasteiger partial charge on any atom is -0.381 e. The lowest BCUT2D eigenvalue weighted by molar-refractivity contribution is 0.177. The van der Waals surface area contributed by atoms with E-state index in [0.29, 0.717) is 12.0 Å². The third kappa shape index (κ3) is 2.00. The van der Waals surface area contributed by atoms with E-state index in [2.05, 4.69) is 22.3 Å². The van der Waals surface area contributed by atoms with Crippen molar-refractivity contribution < 1.29 is 4.74 Å². The fourth-order valence-corrected chi connectivity index (χ4v) is 2.66. The summed E-state index contributed by atoms with van der Waals surface area (Å²) < 4.78 is 7.39. The van der Waals surface area contributed by atoms with E-state index in [0.717, 1.165) is 31.7 Å². The van der Waals surface area contributed by atoms with Gasteiger partial charge in [0.25, 0.3) is 0 Å². The second-order valence-corrected chi connectivity index (χ2v) is 4.67. The number of hydrogen-bond donors (Lipinski definition) is 1. The summed E-state index contributed by atoms with van der Waals surface area (Å²) in [6, 6.07) is 0.305. The zero-order valence-electron chi connectivity index (χ0n) is 10.5. The van der Waals surface area contributed by atoms with Gasteiger partial charge in [0.1, 0.15) is 0 Å². The van der Waals surface area contributed by atoms with Crippen molar-refractivity contribution >= 4 is 5.52 Å². The standard InChI is InChI=1S/C13H18N4O/c1-2-15-13(10-3-6-18-9-10)11-7-16-17-5-4-14-8-12(11)17/h4-5,7-8,10,13,15H,2-3,6,9H2,1H3. The molecule has 5 heteroatoms. The van der Waals surface area contributed by atoms with Gasteiger partial charge in [-0.25, -0.2) is 4.52 Å². The molecule has 0 bridgehead atoms. The Bertz CT molecular complexity index is 518. The molecule has 1 aliphatic rings. The Morgan fingerprint density at radius 2 is 2.50 bits per heavy atom. The van der Waals surface area contributed by atoms with E-state index in [1.54, 1.807) is 6.20 Å². The predicted octanol–water partition coefficient (Wildman–Crippen LogP) is 1.42. The van der Waals surface area contributed by atoms with Gasteiger partial charge in [0.15, 0.2) is 0 Å². The highest BCUT2D eigenvalue weighted by Crippen LogP contribution is 2.30. The number of ether oxygens (including phenoxy) is 1. The van der Waals surface area contributed by atoms with Crippen LogP contribution in [0, 0.1) is 5.92 Å². The van der Waals surface area contributed by atoms with Crippen molar-refractivity contribution in [3.05, 3.63) is 30.4 Å². The van der Waals surface area contributed by atoms with Gasteiger partial charge in [-0.1, -0.05) is 6.92 Å². The molecule has 3 heterocycles. The SMILES string of the molecule is CCNC(c1cnn2ccncc12)C1CCOC1. The van der Waals surface area contributed by atoms with E-state index in [9.17, 15) is 0 Å². The predicted molar refractivity (Wildman–Crippen MR) is 68.3 cm³/mol. The van der Waals surface area contributed by atoms with Gasteiger partial charge in [-0.15, -0.1) is 0 Å². The summed E-state index contributed by atoms with van der Waals surface area (Å²) in [5, 5.41) is 7.95. The van der Waals surface area contributed by atoms with Crippen molar-refractivity contribution in [1.82, 2.24) is 19.9 Å². The summed E-state index contributed by atoms with van der Waals surface area (Å²) >= 11 is 0. The van der Waals surface area contributed by atoms with Crippen molar-refractivity contribution in [3.63, 3.8) is 0 Å². The first-order valence-electron chi connectivity index (χ1n) is 6.48. The van der Waals surface area contributed by atoms with E-state index < -0.39 is 0 Å². The van der Waals surface area contributed by atoms with Gasteiger partial charge in [-0.05, 0) is 13.0 Å². The maximum absolute atomic E-state index is 5.51. The Morgan fingerprint density at radius 3 is 3.28 bits per heavy atom. The van der Waals surface area contributed by atoms with Crippen LogP contribution in [-0.4, -0.2) is 34.4 Å². The van der Waals surface area contributed by atoms with E-state index in [-0.39, 0.29) is 0 Å². The van der Waals surface area contributed by atoms with Gasteiger partial charge in [-0.2, -0.15) is 5.10 Å². The van der Waals surface area contributed by atoms with Crippen LogP contribution in [0.25, 0.3) is 5.52 Å². The molecule has 0 saturated carbocycles. The Labute approximate surface area is 106 Å². The van der Waals surface area contributed by atoms with Crippen LogP contribution in [0.4, 0.5) is 0 Å².